The van der Waals surface area contributed by atoms with Gasteiger partial charge in [0.2, 0.25) is 0 Å². The highest BCUT2D eigenvalue weighted by atomic mass is 79.9. The lowest BCUT2D eigenvalue weighted by Gasteiger charge is -2.07. The highest BCUT2D eigenvalue weighted by Crippen LogP contribution is 2.23. The zero-order valence-electron chi connectivity index (χ0n) is 12.0. The van der Waals surface area contributed by atoms with E-state index in [0.717, 1.165) is 40.9 Å². The molecular formula is C15H20BrN3O. The van der Waals surface area contributed by atoms with Crippen LogP contribution in [0.25, 0.3) is 0 Å². The highest BCUT2D eigenvalue weighted by molar-refractivity contribution is 9.10. The van der Waals surface area contributed by atoms with E-state index in [2.05, 4.69) is 39.9 Å². The van der Waals surface area contributed by atoms with Crippen LogP contribution in [0.4, 0.5) is 0 Å². The summed E-state index contributed by atoms with van der Waals surface area (Å²) < 4.78 is 8.86. The number of aryl methyl sites for hydroxylation is 2. The molecule has 20 heavy (non-hydrogen) atoms. The Morgan fingerprint density at radius 2 is 2.15 bits per heavy atom. The van der Waals surface area contributed by atoms with Crippen LogP contribution in [0, 0.1) is 0 Å². The van der Waals surface area contributed by atoms with E-state index in [1.54, 1.807) is 0 Å². The van der Waals surface area contributed by atoms with Gasteiger partial charge in [-0.05, 0) is 41.4 Å². The molecule has 0 unspecified atom stereocenters. The largest absolute Gasteiger partial charge is 0.375 e. The number of nitrogens with zero attached hydrogens (tertiary/aromatic N) is 3. The summed E-state index contributed by atoms with van der Waals surface area (Å²) in [5.74, 6) is 0. The maximum absolute atomic E-state index is 5.77. The molecule has 0 spiro atoms. The van der Waals surface area contributed by atoms with Gasteiger partial charge < -0.3 is 4.74 Å². The first-order valence-corrected chi connectivity index (χ1v) is 7.77. The summed E-state index contributed by atoms with van der Waals surface area (Å²) in [7, 11) is 0. The molecule has 0 aliphatic carbocycles. The van der Waals surface area contributed by atoms with Gasteiger partial charge in [0, 0.05) is 24.9 Å². The molecule has 0 aromatic carbocycles. The molecule has 2 aromatic rings. The molecule has 0 fully saturated rings. The first-order chi connectivity index (χ1) is 9.76. The van der Waals surface area contributed by atoms with Gasteiger partial charge in [-0.15, -0.1) is 0 Å². The number of pyridine rings is 1. The molecule has 0 bridgehead atoms. The van der Waals surface area contributed by atoms with Crippen molar-refractivity contribution >= 4 is 15.9 Å². The van der Waals surface area contributed by atoms with Gasteiger partial charge in [-0.2, -0.15) is 5.10 Å². The van der Waals surface area contributed by atoms with Gasteiger partial charge in [0.1, 0.15) is 0 Å². The Bertz CT molecular complexity index is 540. The summed E-state index contributed by atoms with van der Waals surface area (Å²) in [4.78, 5) is 4.29. The second-order valence-corrected chi connectivity index (χ2v) is 5.29. The zero-order valence-corrected chi connectivity index (χ0v) is 13.6. The molecule has 0 saturated heterocycles. The van der Waals surface area contributed by atoms with E-state index in [1.165, 1.54) is 0 Å². The maximum atomic E-state index is 5.77. The van der Waals surface area contributed by atoms with Crippen molar-refractivity contribution in [3.63, 3.8) is 0 Å². The smallest absolute Gasteiger partial charge is 0.0896 e. The van der Waals surface area contributed by atoms with Crippen LogP contribution >= 0.6 is 15.9 Å². The molecule has 2 rings (SSSR count). The minimum atomic E-state index is 0.578. The lowest BCUT2D eigenvalue weighted by Crippen LogP contribution is -2.07. The number of hydrogen-bond donors (Lipinski definition) is 0. The summed E-state index contributed by atoms with van der Waals surface area (Å²) in [5, 5.41) is 4.56. The Morgan fingerprint density at radius 3 is 2.80 bits per heavy atom. The van der Waals surface area contributed by atoms with Crippen LogP contribution in [0.1, 0.15) is 30.9 Å². The van der Waals surface area contributed by atoms with E-state index in [-0.39, 0.29) is 0 Å². The summed E-state index contributed by atoms with van der Waals surface area (Å²) in [6.45, 7) is 6.31. The Labute approximate surface area is 128 Å². The molecule has 0 amide bonds. The molecule has 0 N–H and O–H groups in total. The van der Waals surface area contributed by atoms with Gasteiger partial charge in [-0.3, -0.25) is 9.67 Å². The second-order valence-electron chi connectivity index (χ2n) is 4.50. The molecule has 0 radical (unpaired) electrons. The van der Waals surface area contributed by atoms with Crippen LogP contribution in [0.3, 0.4) is 0 Å². The van der Waals surface area contributed by atoms with E-state index >= 15 is 0 Å². The van der Waals surface area contributed by atoms with E-state index in [4.69, 9.17) is 4.74 Å². The Morgan fingerprint density at radius 1 is 1.30 bits per heavy atom. The van der Waals surface area contributed by atoms with Crippen LogP contribution in [-0.4, -0.2) is 21.4 Å². The van der Waals surface area contributed by atoms with Crippen molar-refractivity contribution < 1.29 is 4.74 Å². The SMILES string of the molecule is CCc1nn(CC)c(COCCc2ccccn2)c1Br. The monoisotopic (exact) mass is 337 g/mol. The predicted octanol–water partition coefficient (Wildman–Crippen LogP) is 3.38. The third-order valence-corrected chi connectivity index (χ3v) is 4.08. The predicted molar refractivity (Wildman–Crippen MR) is 82.6 cm³/mol. The summed E-state index contributed by atoms with van der Waals surface area (Å²) in [5.41, 5.74) is 3.27. The van der Waals surface area contributed by atoms with Crippen molar-refractivity contribution in [2.24, 2.45) is 0 Å². The Kier molecular flexibility index (Phi) is 5.73. The fourth-order valence-corrected chi connectivity index (χ4v) is 2.73. The molecular weight excluding hydrogens is 318 g/mol. The lowest BCUT2D eigenvalue weighted by atomic mass is 10.3. The molecule has 0 aliphatic rings. The van der Waals surface area contributed by atoms with Gasteiger partial charge in [-0.25, -0.2) is 0 Å². The van der Waals surface area contributed by atoms with E-state index < -0.39 is 0 Å². The van der Waals surface area contributed by atoms with Gasteiger partial charge in [0.15, 0.2) is 0 Å². The Hall–Kier alpha value is -1.20. The highest BCUT2D eigenvalue weighted by Gasteiger charge is 2.13. The van der Waals surface area contributed by atoms with Gasteiger partial charge in [0.05, 0.1) is 29.1 Å². The summed E-state index contributed by atoms with van der Waals surface area (Å²) in [6, 6.07) is 5.94. The van der Waals surface area contributed by atoms with Crippen molar-refractivity contribution in [2.45, 2.75) is 39.8 Å². The van der Waals surface area contributed by atoms with Crippen LogP contribution in [0.2, 0.25) is 0 Å². The minimum absolute atomic E-state index is 0.578. The minimum Gasteiger partial charge on any atom is -0.375 e. The van der Waals surface area contributed by atoms with Gasteiger partial charge in [0.25, 0.3) is 0 Å². The number of aromatic nitrogens is 3. The Balaban J connectivity index is 1.89. The maximum Gasteiger partial charge on any atom is 0.0896 e. The zero-order chi connectivity index (χ0) is 14.4. The fraction of sp³-hybridized carbons (Fsp3) is 0.467. The normalized spacial score (nSPS) is 10.9. The van der Waals surface area contributed by atoms with Crippen LogP contribution in [0.15, 0.2) is 28.9 Å². The van der Waals surface area contributed by atoms with Crippen LogP contribution < -0.4 is 0 Å². The van der Waals surface area contributed by atoms with E-state index in [9.17, 15) is 0 Å². The number of ether oxygens (including phenoxy) is 1. The van der Waals surface area contributed by atoms with Crippen LogP contribution in [0.5, 0.6) is 0 Å². The fourth-order valence-electron chi connectivity index (χ4n) is 2.05. The summed E-state index contributed by atoms with van der Waals surface area (Å²) >= 11 is 3.62. The van der Waals surface area contributed by atoms with E-state index in [1.807, 2.05) is 29.1 Å². The number of rotatable bonds is 7. The third-order valence-electron chi connectivity index (χ3n) is 3.16. The topological polar surface area (TPSA) is 39.9 Å². The van der Waals surface area contributed by atoms with Gasteiger partial charge in [-0.1, -0.05) is 13.0 Å². The molecule has 108 valence electrons. The van der Waals surface area contributed by atoms with Crippen molar-refractivity contribution in [2.75, 3.05) is 6.61 Å². The molecule has 0 atom stereocenters. The number of hydrogen-bond acceptors (Lipinski definition) is 3. The second kappa shape index (κ2) is 7.55. The average molecular weight is 338 g/mol. The van der Waals surface area contributed by atoms with Crippen LogP contribution in [-0.2, 0) is 30.7 Å². The molecule has 0 saturated carbocycles. The van der Waals surface area contributed by atoms with Gasteiger partial charge >= 0.3 is 0 Å². The third kappa shape index (κ3) is 3.67. The quantitative estimate of drug-likeness (QED) is 0.727. The lowest BCUT2D eigenvalue weighted by molar-refractivity contribution is 0.117. The number of halogens is 1. The van der Waals surface area contributed by atoms with Crippen molar-refractivity contribution in [1.29, 1.82) is 0 Å². The average Bonchev–Trinajstić information content (AvgIpc) is 2.80. The van der Waals surface area contributed by atoms with Crippen molar-refractivity contribution in [3.8, 4) is 0 Å². The molecule has 5 heteroatoms. The molecule has 4 nitrogen and oxygen atoms in total. The summed E-state index contributed by atoms with van der Waals surface area (Å²) in [6.07, 6.45) is 3.57. The first-order valence-electron chi connectivity index (χ1n) is 6.98. The first kappa shape index (κ1) is 15.2. The van der Waals surface area contributed by atoms with Crippen molar-refractivity contribution in [3.05, 3.63) is 46.0 Å². The van der Waals surface area contributed by atoms with Crippen molar-refractivity contribution in [1.82, 2.24) is 14.8 Å². The molecule has 2 heterocycles. The standard InChI is InChI=1S/C15H20BrN3O/c1-3-13-15(16)14(19(4-2)18-13)11-20-10-8-12-7-5-6-9-17-12/h5-7,9H,3-4,8,10-11H2,1-2H3. The van der Waals surface area contributed by atoms with E-state index in [0.29, 0.717) is 13.2 Å². The molecule has 2 aromatic heterocycles. The molecule has 0 aliphatic heterocycles.